The van der Waals surface area contributed by atoms with Gasteiger partial charge in [-0.2, -0.15) is 0 Å². The summed E-state index contributed by atoms with van der Waals surface area (Å²) >= 11 is 0. The van der Waals surface area contributed by atoms with Gasteiger partial charge in [-0.25, -0.2) is 0 Å². The first-order valence-electron chi connectivity index (χ1n) is 10.7. The zero-order chi connectivity index (χ0) is 20.3. The van der Waals surface area contributed by atoms with Crippen LogP contribution >= 0.6 is 0 Å². The summed E-state index contributed by atoms with van der Waals surface area (Å²) in [4.78, 5) is 33.2. The van der Waals surface area contributed by atoms with E-state index in [1.165, 1.54) is 64.2 Å². The number of hydrogen-bond acceptors (Lipinski definition) is 4. The molecule has 6 nitrogen and oxygen atoms in total. The van der Waals surface area contributed by atoms with E-state index in [1.54, 1.807) is 0 Å². The fraction of sp³-hybridized carbons (Fsp3) is 0.857. The van der Waals surface area contributed by atoms with Crippen molar-refractivity contribution in [1.29, 1.82) is 0 Å². The van der Waals surface area contributed by atoms with Gasteiger partial charge in [-0.3, -0.25) is 9.59 Å². The van der Waals surface area contributed by atoms with E-state index in [-0.39, 0.29) is 44.0 Å². The van der Waals surface area contributed by atoms with Crippen molar-refractivity contribution in [1.82, 2.24) is 5.32 Å². The van der Waals surface area contributed by atoms with E-state index in [1.807, 2.05) is 0 Å². The molecule has 0 saturated heterocycles. The summed E-state index contributed by atoms with van der Waals surface area (Å²) in [6, 6.07) is -1.23. The van der Waals surface area contributed by atoms with Crippen molar-refractivity contribution in [2.45, 2.75) is 116 Å². The first-order valence-corrected chi connectivity index (χ1v) is 10.7. The average molecular weight is 391 g/mol. The summed E-state index contributed by atoms with van der Waals surface area (Å²) in [7, 11) is 0. The monoisotopic (exact) mass is 391 g/mol. The van der Waals surface area contributed by atoms with Gasteiger partial charge in [0.2, 0.25) is 5.91 Å². The van der Waals surface area contributed by atoms with Gasteiger partial charge in [0.1, 0.15) is 0 Å². The number of amides is 1. The Morgan fingerprint density at radius 1 is 0.786 bits per heavy atom. The fourth-order valence-corrected chi connectivity index (χ4v) is 3.09. The minimum Gasteiger partial charge on any atom is -0.548 e. The van der Waals surface area contributed by atoms with Crippen molar-refractivity contribution in [2.75, 3.05) is 0 Å². The predicted octanol–water partition coefficient (Wildman–Crippen LogP) is 0.571. The molecule has 0 unspecified atom stereocenters. The van der Waals surface area contributed by atoms with E-state index >= 15 is 0 Å². The molecular weight excluding hydrogens is 353 g/mol. The number of carbonyl (C=O) groups is 3. The third-order valence-corrected chi connectivity index (χ3v) is 4.77. The van der Waals surface area contributed by atoms with E-state index in [4.69, 9.17) is 5.11 Å². The number of carboxylic acids is 2. The summed E-state index contributed by atoms with van der Waals surface area (Å²) in [6.45, 7) is 2.24. The minimum absolute atomic E-state index is 0. The summed E-state index contributed by atoms with van der Waals surface area (Å²) in [5, 5.41) is 21.9. The molecule has 7 heteroatoms. The van der Waals surface area contributed by atoms with Crippen molar-refractivity contribution in [3.05, 3.63) is 0 Å². The Morgan fingerprint density at radius 2 is 1.21 bits per heavy atom. The molecule has 1 atom stereocenters. The van der Waals surface area contributed by atoms with Gasteiger partial charge >= 0.3 is 24.8 Å². The van der Waals surface area contributed by atoms with Crippen molar-refractivity contribution < 1.29 is 43.5 Å². The number of aliphatic carboxylic acids is 2. The van der Waals surface area contributed by atoms with Crippen LogP contribution in [0.15, 0.2) is 0 Å². The maximum atomic E-state index is 11.8. The normalized spacial score (nSPS) is 11.5. The molecular formula is C21H38LiNO5. The standard InChI is InChI=1S/C21H39NO5.Li/c1-2-3-4-5-6-7-8-9-10-11-12-13-14-15-19(23)22-18(21(26)27)16-17-20(24)25;/h18H,2-17H2,1H3,(H,22,23)(H,24,25)(H,26,27);/q;+1/p-1/t18-;/m0./s1. The smallest absolute Gasteiger partial charge is 0.548 e. The molecule has 0 aliphatic carbocycles. The van der Waals surface area contributed by atoms with Crippen molar-refractivity contribution in [3.63, 3.8) is 0 Å². The maximum absolute atomic E-state index is 11.8. The number of unbranched alkanes of at least 4 members (excludes halogenated alkanes) is 12. The second-order valence-corrected chi connectivity index (χ2v) is 7.36. The first kappa shape index (κ1) is 29.2. The van der Waals surface area contributed by atoms with Crippen LogP contribution < -0.4 is 29.3 Å². The Hall–Kier alpha value is -0.993. The quantitative estimate of drug-likeness (QED) is 0.247. The van der Waals surface area contributed by atoms with Crippen LogP contribution in [-0.2, 0) is 14.4 Å². The SMILES string of the molecule is CCCCCCCCCCCCCCCC(=O)N[C@@H](CCC(=O)O)C(=O)[O-].[Li+]. The molecule has 0 aromatic heterocycles. The van der Waals surface area contributed by atoms with Crippen LogP contribution in [0.25, 0.3) is 0 Å². The summed E-state index contributed by atoms with van der Waals surface area (Å²) < 4.78 is 0. The molecule has 0 saturated carbocycles. The Morgan fingerprint density at radius 3 is 1.61 bits per heavy atom. The van der Waals surface area contributed by atoms with Crippen LogP contribution in [0.5, 0.6) is 0 Å². The summed E-state index contributed by atoms with van der Waals surface area (Å²) in [5.41, 5.74) is 0. The second-order valence-electron chi connectivity index (χ2n) is 7.36. The molecule has 0 heterocycles. The largest absolute Gasteiger partial charge is 1.00 e. The van der Waals surface area contributed by atoms with Gasteiger partial charge in [0.15, 0.2) is 0 Å². The van der Waals surface area contributed by atoms with E-state index in [0.717, 1.165) is 19.3 Å². The Bertz CT molecular complexity index is 418. The van der Waals surface area contributed by atoms with Gasteiger partial charge in [-0.05, 0) is 12.8 Å². The van der Waals surface area contributed by atoms with Crippen molar-refractivity contribution in [3.8, 4) is 0 Å². The molecule has 2 N–H and O–H groups in total. The summed E-state index contributed by atoms with van der Waals surface area (Å²) in [6.07, 6.45) is 15.7. The van der Waals surface area contributed by atoms with Gasteiger partial charge < -0.3 is 20.3 Å². The molecule has 0 fully saturated rings. The third kappa shape index (κ3) is 19.8. The number of carbonyl (C=O) groups excluding carboxylic acids is 2. The predicted molar refractivity (Wildman–Crippen MR) is 104 cm³/mol. The maximum Gasteiger partial charge on any atom is 1.00 e. The molecule has 1 amide bonds. The van der Waals surface area contributed by atoms with Gasteiger partial charge in [-0.1, -0.05) is 84.0 Å². The van der Waals surface area contributed by atoms with Crippen LogP contribution in [-0.4, -0.2) is 29.0 Å². The minimum atomic E-state index is -1.44. The van der Waals surface area contributed by atoms with Gasteiger partial charge in [0.05, 0.1) is 12.0 Å². The van der Waals surface area contributed by atoms with Crippen LogP contribution in [0, 0.1) is 0 Å². The molecule has 0 aromatic carbocycles. The van der Waals surface area contributed by atoms with E-state index < -0.39 is 18.0 Å². The van der Waals surface area contributed by atoms with Gasteiger partial charge in [0.25, 0.3) is 0 Å². The molecule has 0 aliphatic heterocycles. The third-order valence-electron chi connectivity index (χ3n) is 4.77. The summed E-state index contributed by atoms with van der Waals surface area (Å²) in [5.74, 6) is -2.88. The Labute approximate surface area is 182 Å². The van der Waals surface area contributed by atoms with E-state index in [2.05, 4.69) is 12.2 Å². The van der Waals surface area contributed by atoms with Crippen LogP contribution in [0.4, 0.5) is 0 Å². The Balaban J connectivity index is 0. The second kappa shape index (κ2) is 20.7. The van der Waals surface area contributed by atoms with Gasteiger partial charge in [-0.15, -0.1) is 0 Å². The molecule has 0 bridgehead atoms. The van der Waals surface area contributed by atoms with E-state index in [0.29, 0.717) is 0 Å². The zero-order valence-corrected chi connectivity index (χ0v) is 18.0. The molecule has 0 aromatic rings. The van der Waals surface area contributed by atoms with Crippen molar-refractivity contribution in [2.24, 2.45) is 0 Å². The fourth-order valence-electron chi connectivity index (χ4n) is 3.09. The van der Waals surface area contributed by atoms with Crippen molar-refractivity contribution >= 4 is 17.8 Å². The molecule has 0 rings (SSSR count). The van der Waals surface area contributed by atoms with E-state index in [9.17, 15) is 19.5 Å². The number of rotatable bonds is 19. The average Bonchev–Trinajstić information content (AvgIpc) is 2.62. The van der Waals surface area contributed by atoms with Crippen LogP contribution in [0.1, 0.15) is 110 Å². The van der Waals surface area contributed by atoms with Crippen LogP contribution in [0.2, 0.25) is 0 Å². The molecule has 0 spiro atoms. The molecule has 158 valence electrons. The molecule has 0 radical (unpaired) electrons. The molecule has 28 heavy (non-hydrogen) atoms. The zero-order valence-electron chi connectivity index (χ0n) is 18.0. The first-order chi connectivity index (χ1) is 13.0. The Kier molecular flexibility index (Phi) is 21.6. The molecule has 0 aliphatic rings. The van der Waals surface area contributed by atoms with Crippen LogP contribution in [0.3, 0.4) is 0 Å². The number of carboxylic acid groups (broad SMARTS) is 2. The van der Waals surface area contributed by atoms with Gasteiger partial charge in [0, 0.05) is 12.8 Å². The topological polar surface area (TPSA) is 107 Å². The number of hydrogen-bond donors (Lipinski definition) is 2. The number of nitrogens with one attached hydrogen (secondary N) is 1.